The molecule has 31 nitrogen and oxygen atoms in total. The summed E-state index contributed by atoms with van der Waals surface area (Å²) in [7, 11) is 0. The fraction of sp³-hybridized carbons (Fsp3) is 0.702. The van der Waals surface area contributed by atoms with Crippen molar-refractivity contribution in [1.82, 2.24) is 63.0 Å². The third kappa shape index (κ3) is 26.0. The van der Waals surface area contributed by atoms with Crippen molar-refractivity contribution in [3.05, 3.63) is 12.2 Å². The number of aliphatic carboxylic acids is 3. The molecule has 0 aliphatic carbocycles. The smallest absolute Gasteiger partial charge is 0.305 e. The van der Waals surface area contributed by atoms with Crippen molar-refractivity contribution in [3.8, 4) is 0 Å². The molecule has 0 aromatic carbocycles. The second-order valence-electron chi connectivity index (χ2n) is 22.8. The number of piperidine rings is 1. The van der Waals surface area contributed by atoms with E-state index in [0.29, 0.717) is 25.2 Å². The van der Waals surface area contributed by atoms with Crippen LogP contribution in [0.5, 0.6) is 0 Å². The van der Waals surface area contributed by atoms with E-state index in [2.05, 4.69) is 67.0 Å². The lowest BCUT2D eigenvalue weighted by molar-refractivity contribution is -0.146. The maximum atomic E-state index is 14.8. The van der Waals surface area contributed by atoms with E-state index in [-0.39, 0.29) is 38.8 Å². The Hall–Kier alpha value is -8.25. The molecule has 31 heteroatoms. The van der Waals surface area contributed by atoms with Gasteiger partial charge in [0.1, 0.15) is 48.3 Å². The zero-order valence-corrected chi connectivity index (χ0v) is 50.8. The van der Waals surface area contributed by atoms with Crippen molar-refractivity contribution in [2.45, 2.75) is 205 Å². The van der Waals surface area contributed by atoms with E-state index in [1.165, 1.54) is 24.2 Å². The van der Waals surface area contributed by atoms with Gasteiger partial charge in [0.15, 0.2) is 0 Å². The van der Waals surface area contributed by atoms with E-state index in [1.54, 1.807) is 19.9 Å². The first kappa shape index (κ1) is 74.0. The average molecular weight is 1250 g/mol. The fourth-order valence-corrected chi connectivity index (χ4v) is 10.1. The van der Waals surface area contributed by atoms with Crippen LogP contribution in [0.15, 0.2) is 12.2 Å². The van der Waals surface area contributed by atoms with Crippen molar-refractivity contribution in [2.75, 3.05) is 39.3 Å². The van der Waals surface area contributed by atoms with Gasteiger partial charge in [-0.2, -0.15) is 0 Å². The van der Waals surface area contributed by atoms with E-state index in [1.807, 2.05) is 0 Å². The molecule has 3 heterocycles. The van der Waals surface area contributed by atoms with Crippen LogP contribution in [0.1, 0.15) is 150 Å². The average Bonchev–Trinajstić information content (AvgIpc) is 4.14. The number of aliphatic hydroxyl groups excluding tert-OH is 1. The fourth-order valence-electron chi connectivity index (χ4n) is 10.1. The van der Waals surface area contributed by atoms with Gasteiger partial charge in [-0.05, 0) is 69.8 Å². The first-order valence-corrected chi connectivity index (χ1v) is 30.1. The molecule has 3 aliphatic heterocycles. The van der Waals surface area contributed by atoms with Gasteiger partial charge < -0.3 is 83.4 Å². The van der Waals surface area contributed by atoms with Gasteiger partial charge in [-0.3, -0.25) is 71.9 Å². The molecule has 12 amide bonds. The summed E-state index contributed by atoms with van der Waals surface area (Å²) >= 11 is 0. The number of carbonyl (C=O) groups is 15. The monoisotopic (exact) mass is 1250 g/mol. The lowest BCUT2D eigenvalue weighted by Crippen LogP contribution is -2.63. The number of carboxylic acid groups (broad SMARTS) is 3. The summed E-state index contributed by atoms with van der Waals surface area (Å²) in [5.41, 5.74) is 0. The van der Waals surface area contributed by atoms with Gasteiger partial charge in [-0.15, -0.1) is 0 Å². The number of unbranched alkanes of at least 4 members (excludes halogenated alkanes) is 7. The van der Waals surface area contributed by atoms with Crippen molar-refractivity contribution in [2.24, 2.45) is 11.8 Å². The van der Waals surface area contributed by atoms with Crippen LogP contribution in [0.3, 0.4) is 0 Å². The maximum absolute atomic E-state index is 14.8. The lowest BCUT2D eigenvalue weighted by Gasteiger charge is -2.37. The van der Waals surface area contributed by atoms with Gasteiger partial charge in [-0.1, -0.05) is 85.1 Å². The number of amides is 12. The number of nitrogens with zero attached hydrogens (tertiary/aromatic N) is 2. The van der Waals surface area contributed by atoms with Crippen LogP contribution in [0.4, 0.5) is 0 Å². The summed E-state index contributed by atoms with van der Waals surface area (Å²) in [6.45, 7) is 5.06. The summed E-state index contributed by atoms with van der Waals surface area (Å²) in [5.74, 6) is -17.2. The van der Waals surface area contributed by atoms with Crippen LogP contribution in [0.2, 0.25) is 0 Å². The predicted molar refractivity (Wildman–Crippen MR) is 311 cm³/mol. The van der Waals surface area contributed by atoms with E-state index in [9.17, 15) is 92.3 Å². The van der Waals surface area contributed by atoms with Gasteiger partial charge in [-0.25, -0.2) is 0 Å². The van der Waals surface area contributed by atoms with Crippen LogP contribution in [-0.4, -0.2) is 213 Å². The highest BCUT2D eigenvalue weighted by atomic mass is 16.4. The molecule has 0 saturated carbocycles. The Kier molecular flexibility index (Phi) is 32.1. The van der Waals surface area contributed by atoms with Crippen LogP contribution in [-0.2, 0) is 71.9 Å². The molecule has 3 saturated heterocycles. The number of hydrogen-bond acceptors (Lipinski definition) is 16. The van der Waals surface area contributed by atoms with Gasteiger partial charge in [0.2, 0.25) is 70.9 Å². The number of carboxylic acids is 3. The quantitative estimate of drug-likeness (QED) is 0.0366. The molecule has 3 aliphatic rings. The highest BCUT2D eigenvalue weighted by Crippen LogP contribution is 2.23. The number of aliphatic hydroxyl groups is 1. The molecule has 3 fully saturated rings. The minimum absolute atomic E-state index is 0.0161. The predicted octanol–water partition coefficient (Wildman–Crippen LogP) is -2.68. The van der Waals surface area contributed by atoms with Crippen LogP contribution >= 0.6 is 0 Å². The molecular weight excluding hydrogens is 1160 g/mol. The Morgan fingerprint density at radius 2 is 1.08 bits per heavy atom. The molecule has 88 heavy (non-hydrogen) atoms. The number of carbonyl (C=O) groups excluding carboxylic acids is 12. The van der Waals surface area contributed by atoms with Crippen LogP contribution in [0, 0.1) is 11.8 Å². The molecule has 0 spiro atoms. The Labute approximate surface area is 510 Å². The number of hydrogen-bond donors (Lipinski definition) is 14. The minimum atomic E-state index is -1.90. The highest BCUT2D eigenvalue weighted by molar-refractivity contribution is 6.00. The van der Waals surface area contributed by atoms with E-state index in [4.69, 9.17) is 0 Å². The second-order valence-corrected chi connectivity index (χ2v) is 22.8. The third-order valence-corrected chi connectivity index (χ3v) is 15.1. The molecule has 14 N–H and O–H groups in total. The first-order valence-electron chi connectivity index (χ1n) is 30.1. The van der Waals surface area contributed by atoms with E-state index < -0.39 is 195 Å². The number of allylic oxidation sites excluding steroid dienone is 1. The zero-order chi connectivity index (χ0) is 65.6. The molecule has 0 radical (unpaired) electrons. The summed E-state index contributed by atoms with van der Waals surface area (Å²) in [5, 5.41) is 62.4. The lowest BCUT2D eigenvalue weighted by atomic mass is 9.96. The zero-order valence-electron chi connectivity index (χ0n) is 50.8. The number of fused-ring (bicyclic) bond motifs is 2. The van der Waals surface area contributed by atoms with E-state index >= 15 is 0 Å². The Morgan fingerprint density at radius 3 is 1.61 bits per heavy atom. The van der Waals surface area contributed by atoms with Crippen molar-refractivity contribution in [1.29, 1.82) is 0 Å². The second kappa shape index (κ2) is 38.1. The molecule has 1 unspecified atom stereocenters. The van der Waals surface area contributed by atoms with Gasteiger partial charge in [0.05, 0.1) is 45.0 Å². The Bertz CT molecular complexity index is 2530. The van der Waals surface area contributed by atoms with Gasteiger partial charge >= 0.3 is 17.9 Å². The maximum Gasteiger partial charge on any atom is 0.305 e. The molecular formula is C57H90N12O19. The topological polar surface area (TPSA) is 464 Å². The molecule has 3 rings (SSSR count). The normalized spacial score (nSPS) is 24.1. The van der Waals surface area contributed by atoms with Gasteiger partial charge in [0.25, 0.3) is 0 Å². The number of nitrogens with one attached hydrogen (secondary N) is 10. The van der Waals surface area contributed by atoms with Crippen molar-refractivity contribution >= 4 is 88.8 Å². The first-order chi connectivity index (χ1) is 41.6. The summed E-state index contributed by atoms with van der Waals surface area (Å²) < 4.78 is 0. The molecule has 0 aromatic rings. The third-order valence-electron chi connectivity index (χ3n) is 15.1. The minimum Gasteiger partial charge on any atom is -0.481 e. The molecule has 0 bridgehead atoms. The van der Waals surface area contributed by atoms with Gasteiger partial charge in [0, 0.05) is 19.6 Å². The summed E-state index contributed by atoms with van der Waals surface area (Å²) in [4.78, 5) is 202. The largest absolute Gasteiger partial charge is 0.481 e. The highest BCUT2D eigenvalue weighted by Gasteiger charge is 2.43. The van der Waals surface area contributed by atoms with Crippen molar-refractivity contribution in [3.63, 3.8) is 0 Å². The summed E-state index contributed by atoms with van der Waals surface area (Å²) in [6.07, 6.45) is 8.26. The van der Waals surface area contributed by atoms with Crippen LogP contribution < -0.4 is 53.2 Å². The molecule has 10 atom stereocenters. The molecule has 492 valence electrons. The molecule has 0 aromatic heterocycles. The van der Waals surface area contributed by atoms with E-state index in [0.717, 1.165) is 50.0 Å². The number of rotatable bonds is 23. The van der Waals surface area contributed by atoms with Crippen molar-refractivity contribution < 1.29 is 92.3 Å². The standard InChI is InChI=1S/C57H90N12O19/c1-6-33(4)48-57(88)69-24-18-21-40(69)53(84)58-28-38(65-52(83)37(27-47(79)80)62-41(71)22-15-13-11-9-7-8-10-12-14-19-32(2)3)56(87)68-23-17-16-20-39(68)54(85)61-30-43(73)64-35(25-45(75)76)50(81)59-29-42(72)63-36(26-46(77)78)51(82)60-31-44(74)66-49(34(5)70)55(86)67-48/h15,22,32-40,48-49,70H,6-14,16-21,23-31H2,1-5H3,(H,58,84)(H,59,81)(H,60,82)(H,61,85)(H,62,71)(H,63,72)(H,64,73)(H,65,83)(H,66,74)(H,67,86)(H,75,76)(H,77,78)(H,79,80)/b22-15+/t33-,34-,35-,36-,37-,38?,39-,40-,48-,49-/m0/s1. The summed E-state index contributed by atoms with van der Waals surface area (Å²) in [6, 6.07) is -13.2. The Balaban J connectivity index is 2.02. The Morgan fingerprint density at radius 1 is 0.580 bits per heavy atom. The van der Waals surface area contributed by atoms with Crippen LogP contribution in [0.25, 0.3) is 0 Å². The SMILES string of the molecule is CC[C@H](C)[C@@H]1NC(=O)[C@H]([C@H](C)O)NC(=O)CNC(=O)[C@H](CC(=O)O)NC(=O)CNC(=O)[C@H](CC(=O)O)NC(=O)CNC(=O)[C@@H]2CCCCN2C(=O)C(NC(=O)[C@H](CC(=O)O)NC(=O)/C=C/CCCCCCCCCC(C)C)CNC(=O)[C@@H]2CCCN2C1=O.